The molecule has 0 radical (unpaired) electrons. The summed E-state index contributed by atoms with van der Waals surface area (Å²) >= 11 is 0. The normalized spacial score (nSPS) is 41.9. The molecule has 7 heteroatoms. The van der Waals surface area contributed by atoms with E-state index >= 15 is 0 Å². The van der Waals surface area contributed by atoms with Gasteiger partial charge in [0.25, 0.3) is 0 Å². The van der Waals surface area contributed by atoms with Crippen molar-refractivity contribution in [1.29, 1.82) is 0 Å². The minimum atomic E-state index is -2.99. The molecule has 0 aromatic heterocycles. The number of carboxylic acids is 1. The van der Waals surface area contributed by atoms with Crippen molar-refractivity contribution in [3.63, 3.8) is 0 Å². The molecule has 1 saturated heterocycles. The average Bonchev–Trinajstić information content (AvgIpc) is 3.44. The van der Waals surface area contributed by atoms with Crippen molar-refractivity contribution in [3.8, 4) is 0 Å². The van der Waals surface area contributed by atoms with Gasteiger partial charge in [-0.2, -0.15) is 0 Å². The van der Waals surface area contributed by atoms with Gasteiger partial charge in [0.1, 0.15) is 0 Å². The average molecular weight is 664 g/mol. The number of benzene rings is 1. The number of carboxylic acid groups (broad SMARTS) is 1. The molecule has 4 saturated carbocycles. The quantitative estimate of drug-likeness (QED) is 0.343. The van der Waals surface area contributed by atoms with Crippen LogP contribution in [0.5, 0.6) is 0 Å². The molecule has 1 aliphatic heterocycles. The first-order valence-electron chi connectivity index (χ1n) is 18.6. The van der Waals surface area contributed by atoms with E-state index in [2.05, 4.69) is 40.7 Å². The van der Waals surface area contributed by atoms with Crippen LogP contribution in [0.4, 0.5) is 0 Å². The predicted octanol–water partition coefficient (Wildman–Crippen LogP) is 8.27. The summed E-state index contributed by atoms with van der Waals surface area (Å²) in [7, 11) is -2.99. The van der Waals surface area contributed by atoms with Gasteiger partial charge in [0.2, 0.25) is 5.91 Å². The molecule has 0 bridgehead atoms. The Balaban J connectivity index is 1.11. The van der Waals surface area contributed by atoms with Crippen LogP contribution < -0.4 is 0 Å². The summed E-state index contributed by atoms with van der Waals surface area (Å²) in [4.78, 5) is 26.6. The molecule has 8 atom stereocenters. The molecule has 1 aromatic rings. The van der Waals surface area contributed by atoms with Gasteiger partial charge in [0.05, 0.1) is 17.1 Å². The van der Waals surface area contributed by atoms with Gasteiger partial charge in [-0.3, -0.25) is 4.79 Å². The van der Waals surface area contributed by atoms with E-state index in [4.69, 9.17) is 0 Å². The van der Waals surface area contributed by atoms with Crippen molar-refractivity contribution < 1.29 is 23.1 Å². The van der Waals surface area contributed by atoms with Crippen LogP contribution in [-0.4, -0.2) is 54.9 Å². The first-order valence-corrected chi connectivity index (χ1v) is 20.4. The van der Waals surface area contributed by atoms with Gasteiger partial charge in [-0.1, -0.05) is 59.2 Å². The summed E-state index contributed by atoms with van der Waals surface area (Å²) in [5, 5.41) is 9.44. The number of carbonyl (C=O) groups excluding carboxylic acids is 1. The summed E-state index contributed by atoms with van der Waals surface area (Å²) in [6.45, 7) is 13.6. The molecule has 1 amide bonds. The third-order valence-corrected chi connectivity index (χ3v) is 17.7. The number of fused-ring (bicyclic) bond motifs is 7. The molecule has 0 spiro atoms. The van der Waals surface area contributed by atoms with Gasteiger partial charge in [-0.25, -0.2) is 13.2 Å². The van der Waals surface area contributed by atoms with Gasteiger partial charge < -0.3 is 10.0 Å². The minimum Gasteiger partial charge on any atom is -0.478 e. The van der Waals surface area contributed by atoms with E-state index < -0.39 is 15.8 Å². The second kappa shape index (κ2) is 11.2. The summed E-state index contributed by atoms with van der Waals surface area (Å²) in [6.07, 6.45) is 16.6. The molecular formula is C40H57NO5S. The fourth-order valence-corrected chi connectivity index (χ4v) is 14.7. The van der Waals surface area contributed by atoms with Crippen molar-refractivity contribution in [3.05, 3.63) is 41.5 Å². The molecule has 2 unspecified atom stereocenters. The molecule has 5 fully saturated rings. The topological polar surface area (TPSA) is 91.8 Å². The molecule has 1 heterocycles. The Bertz CT molecular complexity index is 1570. The van der Waals surface area contributed by atoms with Crippen LogP contribution in [0.15, 0.2) is 30.3 Å². The highest BCUT2D eigenvalue weighted by Crippen LogP contribution is 2.77. The molecule has 1 aromatic carbocycles. The summed E-state index contributed by atoms with van der Waals surface area (Å²) < 4.78 is 23.9. The van der Waals surface area contributed by atoms with Crippen LogP contribution in [0.2, 0.25) is 0 Å². The number of rotatable bonds is 5. The fourth-order valence-electron chi connectivity index (χ4n) is 13.5. The molecule has 6 nitrogen and oxygen atoms in total. The van der Waals surface area contributed by atoms with Crippen LogP contribution in [0.1, 0.15) is 128 Å². The van der Waals surface area contributed by atoms with Crippen molar-refractivity contribution in [2.24, 2.45) is 50.7 Å². The summed E-state index contributed by atoms with van der Waals surface area (Å²) in [5.74, 6) is 2.18. The lowest BCUT2D eigenvalue weighted by Crippen LogP contribution is -2.65. The van der Waals surface area contributed by atoms with Crippen LogP contribution in [0.25, 0.3) is 5.57 Å². The Morgan fingerprint density at radius 1 is 0.830 bits per heavy atom. The molecule has 1 N–H and O–H groups in total. The zero-order chi connectivity index (χ0) is 33.6. The maximum Gasteiger partial charge on any atom is 0.335 e. The van der Waals surface area contributed by atoms with Gasteiger partial charge in [-0.05, 0) is 138 Å². The zero-order valence-corrected chi connectivity index (χ0v) is 30.3. The van der Waals surface area contributed by atoms with Crippen LogP contribution in [0.3, 0.4) is 0 Å². The molecule has 7 rings (SSSR count). The third-order valence-electron chi connectivity index (χ3n) is 16.1. The Morgan fingerprint density at radius 3 is 2.21 bits per heavy atom. The first-order chi connectivity index (χ1) is 22.1. The highest BCUT2D eigenvalue weighted by Gasteiger charge is 2.69. The predicted molar refractivity (Wildman–Crippen MR) is 187 cm³/mol. The minimum absolute atomic E-state index is 0.00900. The van der Waals surface area contributed by atoms with E-state index in [0.717, 1.165) is 12.8 Å². The van der Waals surface area contributed by atoms with Crippen LogP contribution in [-0.2, 0) is 14.6 Å². The van der Waals surface area contributed by atoms with Crippen molar-refractivity contribution >= 4 is 27.3 Å². The van der Waals surface area contributed by atoms with E-state index in [0.29, 0.717) is 54.2 Å². The van der Waals surface area contributed by atoms with Crippen LogP contribution in [0, 0.1) is 50.7 Å². The lowest BCUT2D eigenvalue weighted by molar-refractivity contribution is -0.223. The number of amides is 1. The molecule has 47 heavy (non-hydrogen) atoms. The lowest BCUT2D eigenvalue weighted by atomic mass is 9.32. The summed E-state index contributed by atoms with van der Waals surface area (Å²) in [5.41, 5.74) is 3.99. The van der Waals surface area contributed by atoms with Gasteiger partial charge in [0, 0.05) is 19.5 Å². The van der Waals surface area contributed by atoms with E-state index in [1.807, 2.05) is 17.0 Å². The number of hydrogen-bond donors (Lipinski definition) is 1. The van der Waals surface area contributed by atoms with Crippen molar-refractivity contribution in [2.75, 3.05) is 24.6 Å². The highest BCUT2D eigenvalue weighted by molar-refractivity contribution is 7.91. The molecule has 5 aliphatic carbocycles. The Morgan fingerprint density at radius 2 is 1.53 bits per heavy atom. The number of aromatic carboxylic acids is 1. The number of hydrogen-bond acceptors (Lipinski definition) is 4. The number of nitrogens with zero attached hydrogens (tertiary/aromatic N) is 1. The zero-order valence-electron chi connectivity index (χ0n) is 29.4. The maximum absolute atomic E-state index is 13.3. The van der Waals surface area contributed by atoms with Crippen molar-refractivity contribution in [1.82, 2.24) is 4.90 Å². The second-order valence-corrected chi connectivity index (χ2v) is 20.3. The van der Waals surface area contributed by atoms with Gasteiger partial charge >= 0.3 is 5.97 Å². The Hall–Kier alpha value is -2.15. The smallest absolute Gasteiger partial charge is 0.335 e. The van der Waals surface area contributed by atoms with Crippen LogP contribution >= 0.6 is 0 Å². The van der Waals surface area contributed by atoms with Crippen molar-refractivity contribution in [2.45, 2.75) is 112 Å². The molecular weight excluding hydrogens is 607 g/mol. The Kier molecular flexibility index (Phi) is 7.94. The molecule has 258 valence electrons. The summed E-state index contributed by atoms with van der Waals surface area (Å²) in [6, 6.07) is 7.54. The standard InChI is InChI=1S/C40H57NO5S/c1-36(2)29(27-8-10-28(11-9-27)35(43)44)14-18-37(3)32(36)15-19-39(5)33(37)13-12-30-31-7-6-17-40(31,22-21-38(30,39)4)20-16-34(42)41-23-25-47(45,46)26-24-41/h8-11,14,30-33H,6-7,12-13,15-26H2,1-5H3,(H,43,44)/t30-,31-,32?,33?,37+,38-,39-,40+/m1/s1. The maximum atomic E-state index is 13.3. The number of sulfone groups is 1. The Labute approximate surface area is 283 Å². The SMILES string of the molecule is CC1(C)C(c2ccc(C(=O)O)cc2)=CC[C@@]2(C)C1CC[C@]1(C)C2CC[C@@H]2[C@H]3CCC[C@]3(CCC(=O)N3CCS(=O)(=O)CC3)CC[C@]21C. The van der Waals surface area contributed by atoms with E-state index in [-0.39, 0.29) is 39.1 Å². The number of allylic oxidation sites excluding steroid dienone is 2. The van der Waals surface area contributed by atoms with E-state index in [1.54, 1.807) is 12.1 Å². The first kappa shape index (κ1) is 33.4. The highest BCUT2D eigenvalue weighted by atomic mass is 32.2. The largest absolute Gasteiger partial charge is 0.478 e. The second-order valence-electron chi connectivity index (χ2n) is 18.0. The van der Waals surface area contributed by atoms with Gasteiger partial charge in [0.15, 0.2) is 9.84 Å². The molecule has 6 aliphatic rings. The fraction of sp³-hybridized carbons (Fsp3) is 0.750. The van der Waals surface area contributed by atoms with E-state index in [9.17, 15) is 23.1 Å². The monoisotopic (exact) mass is 663 g/mol. The van der Waals surface area contributed by atoms with Gasteiger partial charge in [-0.15, -0.1) is 0 Å². The third kappa shape index (κ3) is 5.01. The lowest BCUT2D eigenvalue weighted by Gasteiger charge is -2.72. The number of carbonyl (C=O) groups is 2. The van der Waals surface area contributed by atoms with E-state index in [1.165, 1.54) is 68.9 Å².